The molecular weight excluding hydrogens is 353 g/mol. The van der Waals surface area contributed by atoms with Crippen molar-refractivity contribution >= 4 is 17.7 Å². The van der Waals surface area contributed by atoms with Crippen LogP contribution < -0.4 is 10.6 Å². The molecule has 0 bridgehead atoms. The fraction of sp³-hybridized carbons (Fsp3) is 0.562. The van der Waals surface area contributed by atoms with E-state index in [0.717, 1.165) is 6.07 Å². The molecule has 144 valence electrons. The van der Waals surface area contributed by atoms with Crippen LogP contribution in [0.3, 0.4) is 0 Å². The van der Waals surface area contributed by atoms with Gasteiger partial charge in [0.25, 0.3) is 0 Å². The summed E-state index contributed by atoms with van der Waals surface area (Å²) in [6.45, 7) is 3.81. The Labute approximate surface area is 148 Å². The Morgan fingerprint density at radius 2 is 2.00 bits per heavy atom. The quantitative estimate of drug-likeness (QED) is 0.711. The molecular formula is C16H21F3N4O3. The van der Waals surface area contributed by atoms with Gasteiger partial charge in [-0.3, -0.25) is 9.69 Å². The molecule has 0 atom stereocenters. The third-order valence-corrected chi connectivity index (χ3v) is 4.33. The molecule has 1 aromatic rings. The largest absolute Gasteiger partial charge is 0.480 e. The summed E-state index contributed by atoms with van der Waals surface area (Å²) in [6, 6.07) is 1.44. The van der Waals surface area contributed by atoms with Gasteiger partial charge in [0.1, 0.15) is 5.69 Å². The first-order valence-corrected chi connectivity index (χ1v) is 8.18. The standard InChI is InChI=1S/C16H21F3N4O3/c1-3-23(8-14(24)25)11-6-10(7-11)21-15(26)22-12-4-5-13(16(17,18)19)20-9(12)2/h4-5,10-11H,3,6-8H2,1-2H3,(H,24,25)(H2,21,22,26). The second kappa shape index (κ2) is 7.90. The van der Waals surface area contributed by atoms with Gasteiger partial charge in [-0.05, 0) is 38.4 Å². The van der Waals surface area contributed by atoms with Crippen molar-refractivity contribution in [1.82, 2.24) is 15.2 Å². The second-order valence-electron chi connectivity index (χ2n) is 6.20. The minimum atomic E-state index is -4.53. The smallest absolute Gasteiger partial charge is 0.433 e. The SMILES string of the molecule is CCN(CC(=O)O)C1CC(NC(=O)Nc2ccc(C(F)(F)F)nc2C)C1. The van der Waals surface area contributed by atoms with Gasteiger partial charge in [0, 0.05) is 12.1 Å². The van der Waals surface area contributed by atoms with Crippen molar-refractivity contribution in [3.8, 4) is 0 Å². The van der Waals surface area contributed by atoms with E-state index in [0.29, 0.717) is 19.4 Å². The molecule has 26 heavy (non-hydrogen) atoms. The van der Waals surface area contributed by atoms with E-state index in [-0.39, 0.29) is 30.0 Å². The number of aliphatic carboxylic acids is 1. The van der Waals surface area contributed by atoms with Gasteiger partial charge in [-0.1, -0.05) is 6.92 Å². The highest BCUT2D eigenvalue weighted by Crippen LogP contribution is 2.29. The first-order valence-electron chi connectivity index (χ1n) is 8.18. The maximum atomic E-state index is 12.6. The third-order valence-electron chi connectivity index (χ3n) is 4.33. The summed E-state index contributed by atoms with van der Waals surface area (Å²) in [4.78, 5) is 28.1. The summed E-state index contributed by atoms with van der Waals surface area (Å²) in [7, 11) is 0. The van der Waals surface area contributed by atoms with E-state index in [2.05, 4.69) is 15.6 Å². The van der Waals surface area contributed by atoms with Crippen LogP contribution in [0.5, 0.6) is 0 Å². The molecule has 0 spiro atoms. The number of hydrogen-bond acceptors (Lipinski definition) is 4. The van der Waals surface area contributed by atoms with E-state index in [1.165, 1.54) is 13.0 Å². The van der Waals surface area contributed by atoms with Gasteiger partial charge in [0.05, 0.1) is 17.9 Å². The summed E-state index contributed by atoms with van der Waals surface area (Å²) in [6.07, 6.45) is -3.29. The van der Waals surface area contributed by atoms with Crippen LogP contribution in [0.2, 0.25) is 0 Å². The third kappa shape index (κ3) is 5.07. The Bertz CT molecular complexity index is 675. The van der Waals surface area contributed by atoms with E-state index in [1.807, 2.05) is 11.8 Å². The van der Waals surface area contributed by atoms with Crippen LogP contribution in [0, 0.1) is 6.92 Å². The molecule has 1 aromatic heterocycles. The van der Waals surface area contributed by atoms with Crippen molar-refractivity contribution in [2.24, 2.45) is 0 Å². The monoisotopic (exact) mass is 374 g/mol. The maximum absolute atomic E-state index is 12.6. The summed E-state index contributed by atoms with van der Waals surface area (Å²) in [5, 5.41) is 14.1. The first-order chi connectivity index (χ1) is 12.1. The minimum absolute atomic E-state index is 0.0451. The van der Waals surface area contributed by atoms with Crippen molar-refractivity contribution in [2.45, 2.75) is 44.9 Å². The summed E-state index contributed by atoms with van der Waals surface area (Å²) >= 11 is 0. The molecule has 0 radical (unpaired) electrons. The number of nitrogens with one attached hydrogen (secondary N) is 2. The molecule has 10 heteroatoms. The highest BCUT2D eigenvalue weighted by Gasteiger charge is 2.35. The summed E-state index contributed by atoms with van der Waals surface area (Å²) < 4.78 is 37.8. The summed E-state index contributed by atoms with van der Waals surface area (Å²) in [5.41, 5.74) is -0.742. The molecule has 1 aliphatic carbocycles. The van der Waals surface area contributed by atoms with Gasteiger partial charge in [0.2, 0.25) is 0 Å². The Morgan fingerprint density at radius 1 is 1.35 bits per heavy atom. The molecule has 3 N–H and O–H groups in total. The average molecular weight is 374 g/mol. The van der Waals surface area contributed by atoms with Crippen LogP contribution in [0.25, 0.3) is 0 Å². The topological polar surface area (TPSA) is 94.6 Å². The number of carbonyl (C=O) groups is 2. The number of hydrogen-bond donors (Lipinski definition) is 3. The van der Waals surface area contributed by atoms with E-state index in [9.17, 15) is 22.8 Å². The average Bonchev–Trinajstić information content (AvgIpc) is 2.49. The Balaban J connectivity index is 1.84. The van der Waals surface area contributed by atoms with Crippen molar-refractivity contribution in [2.75, 3.05) is 18.4 Å². The highest BCUT2D eigenvalue weighted by molar-refractivity contribution is 5.90. The highest BCUT2D eigenvalue weighted by atomic mass is 19.4. The number of aryl methyl sites for hydroxylation is 1. The number of aromatic nitrogens is 1. The van der Waals surface area contributed by atoms with E-state index in [4.69, 9.17) is 5.11 Å². The van der Waals surface area contributed by atoms with Crippen LogP contribution in [-0.2, 0) is 11.0 Å². The number of carboxylic acid groups (broad SMARTS) is 1. The molecule has 1 aliphatic rings. The zero-order valence-corrected chi connectivity index (χ0v) is 14.4. The number of pyridine rings is 1. The lowest BCUT2D eigenvalue weighted by Gasteiger charge is -2.42. The number of carbonyl (C=O) groups excluding carboxylic acids is 1. The van der Waals surface area contributed by atoms with Crippen LogP contribution in [0.1, 0.15) is 31.2 Å². The van der Waals surface area contributed by atoms with Gasteiger partial charge in [-0.25, -0.2) is 9.78 Å². The van der Waals surface area contributed by atoms with Crippen LogP contribution >= 0.6 is 0 Å². The molecule has 0 aromatic carbocycles. The van der Waals surface area contributed by atoms with Crippen LogP contribution in [-0.4, -0.2) is 52.2 Å². The minimum Gasteiger partial charge on any atom is -0.480 e. The van der Waals surface area contributed by atoms with Crippen molar-refractivity contribution in [1.29, 1.82) is 0 Å². The Kier molecular flexibility index (Phi) is 6.06. The van der Waals surface area contributed by atoms with E-state index in [1.54, 1.807) is 0 Å². The van der Waals surface area contributed by atoms with E-state index >= 15 is 0 Å². The van der Waals surface area contributed by atoms with E-state index < -0.39 is 23.9 Å². The number of anilines is 1. The Hall–Kier alpha value is -2.36. The fourth-order valence-electron chi connectivity index (χ4n) is 2.87. The van der Waals surface area contributed by atoms with Gasteiger partial charge < -0.3 is 15.7 Å². The molecule has 1 heterocycles. The number of amides is 2. The number of rotatable bonds is 6. The lowest BCUT2D eigenvalue weighted by Crippen LogP contribution is -2.55. The van der Waals surface area contributed by atoms with Crippen molar-refractivity contribution in [3.63, 3.8) is 0 Å². The molecule has 0 unspecified atom stereocenters. The van der Waals surface area contributed by atoms with Gasteiger partial charge in [-0.15, -0.1) is 0 Å². The lowest BCUT2D eigenvalue weighted by atomic mass is 9.85. The number of nitrogens with zero attached hydrogens (tertiary/aromatic N) is 2. The Morgan fingerprint density at radius 3 is 2.50 bits per heavy atom. The van der Waals surface area contributed by atoms with Crippen molar-refractivity contribution < 1.29 is 27.9 Å². The molecule has 2 amide bonds. The number of halogens is 3. The van der Waals surface area contributed by atoms with Crippen LogP contribution in [0.15, 0.2) is 12.1 Å². The lowest BCUT2D eigenvalue weighted by molar-refractivity contribution is -0.141. The van der Waals surface area contributed by atoms with Gasteiger partial charge >= 0.3 is 18.2 Å². The molecule has 0 aliphatic heterocycles. The normalized spacial score (nSPS) is 19.8. The molecule has 2 rings (SSSR count). The van der Waals surface area contributed by atoms with Crippen LogP contribution in [0.4, 0.5) is 23.7 Å². The van der Waals surface area contributed by atoms with Gasteiger partial charge in [-0.2, -0.15) is 13.2 Å². The predicted molar refractivity (Wildman–Crippen MR) is 87.8 cm³/mol. The number of urea groups is 1. The van der Waals surface area contributed by atoms with Crippen molar-refractivity contribution in [3.05, 3.63) is 23.5 Å². The maximum Gasteiger partial charge on any atom is 0.433 e. The zero-order valence-electron chi connectivity index (χ0n) is 14.4. The zero-order chi connectivity index (χ0) is 19.5. The number of carboxylic acids is 1. The summed E-state index contributed by atoms with van der Waals surface area (Å²) in [5.74, 6) is -0.897. The first kappa shape index (κ1) is 20.0. The molecule has 1 saturated carbocycles. The fourth-order valence-corrected chi connectivity index (χ4v) is 2.87. The molecule has 0 saturated heterocycles. The molecule has 7 nitrogen and oxygen atoms in total. The predicted octanol–water partition coefficient (Wildman–Crippen LogP) is 2.47. The second-order valence-corrected chi connectivity index (χ2v) is 6.20. The van der Waals surface area contributed by atoms with Gasteiger partial charge in [0.15, 0.2) is 0 Å². The number of alkyl halides is 3. The number of likely N-dealkylation sites (N-methyl/N-ethyl adjacent to an activating group) is 1. The molecule has 1 fully saturated rings.